The van der Waals surface area contributed by atoms with Gasteiger partial charge in [0.15, 0.2) is 5.78 Å². The zero-order chi connectivity index (χ0) is 17.8. The van der Waals surface area contributed by atoms with Crippen LogP contribution in [0.2, 0.25) is 0 Å². The Kier molecular flexibility index (Phi) is 5.38. The van der Waals surface area contributed by atoms with E-state index in [4.69, 9.17) is 4.42 Å². The van der Waals surface area contributed by atoms with Crippen molar-refractivity contribution >= 4 is 17.5 Å². The molecule has 0 saturated carbocycles. The minimum Gasteiger partial charge on any atom is -0.416 e. The number of nitrogens with one attached hydrogen (secondary N) is 1. The van der Waals surface area contributed by atoms with Gasteiger partial charge in [-0.3, -0.25) is 4.79 Å². The molecule has 0 saturated heterocycles. The van der Waals surface area contributed by atoms with E-state index >= 15 is 0 Å². The number of aromatic nitrogens is 3. The van der Waals surface area contributed by atoms with Gasteiger partial charge >= 0.3 is 0 Å². The minimum absolute atomic E-state index is 0.0595. The number of carbonyl (C=O) groups is 1. The van der Waals surface area contributed by atoms with Gasteiger partial charge in [-0.2, -0.15) is 0 Å². The van der Waals surface area contributed by atoms with E-state index in [9.17, 15) is 4.79 Å². The third-order valence-corrected chi connectivity index (χ3v) is 4.89. The standard InChI is InChI=1S/C19H21N3O2S/c1-12(15-7-5-4-6-8-15)9-18-21-22-19(24-18)25-11-17(23)16-10-13(2)20-14(16)3/h4-8,10,12,20H,9,11H2,1-3H3. The summed E-state index contributed by atoms with van der Waals surface area (Å²) in [5.74, 6) is 1.24. The number of hydrogen-bond donors (Lipinski definition) is 1. The van der Waals surface area contributed by atoms with Crippen molar-refractivity contribution in [1.82, 2.24) is 15.2 Å². The van der Waals surface area contributed by atoms with E-state index in [-0.39, 0.29) is 11.5 Å². The van der Waals surface area contributed by atoms with Crippen LogP contribution in [0, 0.1) is 13.8 Å². The monoisotopic (exact) mass is 355 g/mol. The molecular weight excluding hydrogens is 334 g/mol. The van der Waals surface area contributed by atoms with Crippen LogP contribution in [0.3, 0.4) is 0 Å². The summed E-state index contributed by atoms with van der Waals surface area (Å²) < 4.78 is 5.68. The SMILES string of the molecule is Cc1cc(C(=O)CSc2nnc(CC(C)c3ccccc3)o2)c(C)[nH]1. The summed E-state index contributed by atoms with van der Waals surface area (Å²) in [4.78, 5) is 15.4. The molecule has 0 amide bonds. The number of nitrogens with zero attached hydrogens (tertiary/aromatic N) is 2. The summed E-state index contributed by atoms with van der Waals surface area (Å²) in [6, 6.07) is 12.1. The van der Waals surface area contributed by atoms with Gasteiger partial charge in [0, 0.05) is 23.4 Å². The van der Waals surface area contributed by atoms with Gasteiger partial charge in [0.05, 0.1) is 5.75 Å². The number of ketones is 1. The number of carbonyl (C=O) groups excluding carboxylic acids is 1. The zero-order valence-corrected chi connectivity index (χ0v) is 15.4. The van der Waals surface area contributed by atoms with Crippen molar-refractivity contribution in [2.45, 2.75) is 38.3 Å². The van der Waals surface area contributed by atoms with Gasteiger partial charge in [-0.05, 0) is 31.4 Å². The molecule has 1 N–H and O–H groups in total. The van der Waals surface area contributed by atoms with Gasteiger partial charge < -0.3 is 9.40 Å². The fourth-order valence-electron chi connectivity index (χ4n) is 2.76. The van der Waals surface area contributed by atoms with Crippen LogP contribution in [0.25, 0.3) is 0 Å². The maximum atomic E-state index is 12.3. The van der Waals surface area contributed by atoms with Crippen molar-refractivity contribution in [3.63, 3.8) is 0 Å². The molecule has 25 heavy (non-hydrogen) atoms. The van der Waals surface area contributed by atoms with Crippen molar-refractivity contribution in [3.8, 4) is 0 Å². The van der Waals surface area contributed by atoms with Crippen LogP contribution in [-0.4, -0.2) is 26.7 Å². The molecule has 1 aromatic carbocycles. The van der Waals surface area contributed by atoms with Crippen LogP contribution >= 0.6 is 11.8 Å². The smallest absolute Gasteiger partial charge is 0.277 e. The number of hydrogen-bond acceptors (Lipinski definition) is 5. The minimum atomic E-state index is 0.0595. The van der Waals surface area contributed by atoms with Crippen LogP contribution < -0.4 is 0 Å². The van der Waals surface area contributed by atoms with Crippen LogP contribution in [-0.2, 0) is 6.42 Å². The molecule has 0 aliphatic carbocycles. The second kappa shape index (κ2) is 7.70. The first-order valence-electron chi connectivity index (χ1n) is 8.22. The molecular formula is C19H21N3O2S. The lowest BCUT2D eigenvalue weighted by atomic mass is 9.98. The summed E-state index contributed by atoms with van der Waals surface area (Å²) in [7, 11) is 0. The van der Waals surface area contributed by atoms with E-state index in [1.165, 1.54) is 17.3 Å². The Labute approximate surface area is 151 Å². The Bertz CT molecular complexity index is 855. The predicted molar refractivity (Wildman–Crippen MR) is 98.2 cm³/mol. The van der Waals surface area contributed by atoms with Crippen LogP contribution in [0.4, 0.5) is 0 Å². The van der Waals surface area contributed by atoms with Crippen LogP contribution in [0.5, 0.6) is 0 Å². The summed E-state index contributed by atoms with van der Waals surface area (Å²) in [5, 5.41) is 8.58. The highest BCUT2D eigenvalue weighted by molar-refractivity contribution is 7.99. The molecule has 1 unspecified atom stereocenters. The molecule has 5 nitrogen and oxygen atoms in total. The normalized spacial score (nSPS) is 12.3. The largest absolute Gasteiger partial charge is 0.416 e. The second-order valence-electron chi connectivity index (χ2n) is 6.18. The molecule has 3 aromatic rings. The number of benzene rings is 1. The third-order valence-electron chi connectivity index (χ3n) is 4.07. The fourth-order valence-corrected chi connectivity index (χ4v) is 3.42. The maximum absolute atomic E-state index is 12.3. The van der Waals surface area contributed by atoms with E-state index in [1.807, 2.05) is 38.1 Å². The Morgan fingerprint density at radius 3 is 2.68 bits per heavy atom. The van der Waals surface area contributed by atoms with Gasteiger partial charge in [-0.15, -0.1) is 10.2 Å². The molecule has 3 rings (SSSR count). The third kappa shape index (κ3) is 4.39. The van der Waals surface area contributed by atoms with Crippen molar-refractivity contribution in [2.24, 2.45) is 0 Å². The fraction of sp³-hybridized carbons (Fsp3) is 0.316. The van der Waals surface area contributed by atoms with Gasteiger partial charge in [-0.1, -0.05) is 49.0 Å². The number of aryl methyl sites for hydroxylation is 2. The highest BCUT2D eigenvalue weighted by Crippen LogP contribution is 2.23. The lowest BCUT2D eigenvalue weighted by Gasteiger charge is -2.08. The second-order valence-corrected chi connectivity index (χ2v) is 7.11. The molecule has 2 heterocycles. The lowest BCUT2D eigenvalue weighted by Crippen LogP contribution is -2.02. The van der Waals surface area contributed by atoms with Gasteiger partial charge in [0.2, 0.25) is 5.89 Å². The average Bonchev–Trinajstić information content (AvgIpc) is 3.19. The number of Topliss-reactive ketones (excluding diaryl/α,β-unsaturated/α-hetero) is 1. The zero-order valence-electron chi connectivity index (χ0n) is 14.6. The Balaban J connectivity index is 1.57. The molecule has 0 aliphatic heterocycles. The summed E-state index contributed by atoms with van der Waals surface area (Å²) in [6.07, 6.45) is 0.682. The molecule has 0 fully saturated rings. The number of rotatable bonds is 7. The molecule has 6 heteroatoms. The first-order valence-corrected chi connectivity index (χ1v) is 9.21. The highest BCUT2D eigenvalue weighted by atomic mass is 32.2. The number of thioether (sulfide) groups is 1. The predicted octanol–water partition coefficient (Wildman–Crippen LogP) is 4.34. The molecule has 0 aliphatic rings. The summed E-state index contributed by atoms with van der Waals surface area (Å²) >= 11 is 1.28. The number of aromatic amines is 1. The lowest BCUT2D eigenvalue weighted by molar-refractivity contribution is 0.102. The van der Waals surface area contributed by atoms with Crippen molar-refractivity contribution in [2.75, 3.05) is 5.75 Å². The van der Waals surface area contributed by atoms with Crippen LogP contribution in [0.1, 0.15) is 46.0 Å². The average molecular weight is 355 g/mol. The van der Waals surface area contributed by atoms with Crippen molar-refractivity contribution < 1.29 is 9.21 Å². The Hall–Kier alpha value is -2.34. The van der Waals surface area contributed by atoms with E-state index in [1.54, 1.807) is 0 Å². The summed E-state index contributed by atoms with van der Waals surface area (Å²) in [6.45, 7) is 5.97. The highest BCUT2D eigenvalue weighted by Gasteiger charge is 2.16. The number of H-pyrrole nitrogens is 1. The van der Waals surface area contributed by atoms with Crippen molar-refractivity contribution in [3.05, 3.63) is 64.8 Å². The van der Waals surface area contributed by atoms with Gasteiger partial charge in [0.1, 0.15) is 0 Å². The van der Waals surface area contributed by atoms with E-state index in [2.05, 4.69) is 34.2 Å². The molecule has 0 bridgehead atoms. The first-order chi connectivity index (χ1) is 12.0. The van der Waals surface area contributed by atoms with E-state index in [0.29, 0.717) is 23.5 Å². The van der Waals surface area contributed by atoms with E-state index in [0.717, 1.165) is 17.0 Å². The molecule has 2 aromatic heterocycles. The molecule has 0 spiro atoms. The first kappa shape index (κ1) is 17.5. The topological polar surface area (TPSA) is 71.8 Å². The Morgan fingerprint density at radius 1 is 1.24 bits per heavy atom. The molecule has 0 radical (unpaired) electrons. The van der Waals surface area contributed by atoms with Gasteiger partial charge in [0.25, 0.3) is 5.22 Å². The van der Waals surface area contributed by atoms with Crippen LogP contribution in [0.15, 0.2) is 46.0 Å². The quantitative estimate of drug-likeness (QED) is 0.504. The van der Waals surface area contributed by atoms with Crippen molar-refractivity contribution in [1.29, 1.82) is 0 Å². The molecule has 1 atom stereocenters. The van der Waals surface area contributed by atoms with Gasteiger partial charge in [-0.25, -0.2) is 0 Å². The molecule has 130 valence electrons. The summed E-state index contributed by atoms with van der Waals surface area (Å²) in [5.41, 5.74) is 3.85. The van der Waals surface area contributed by atoms with E-state index < -0.39 is 0 Å². The maximum Gasteiger partial charge on any atom is 0.277 e. The Morgan fingerprint density at radius 2 is 2.00 bits per heavy atom.